The van der Waals surface area contributed by atoms with Crippen LogP contribution in [0.3, 0.4) is 0 Å². The Labute approximate surface area is 175 Å². The maximum atomic E-state index is 13.2. The molecule has 1 heterocycles. The summed E-state index contributed by atoms with van der Waals surface area (Å²) in [5, 5.41) is 12.5. The summed E-state index contributed by atoms with van der Waals surface area (Å²) in [6, 6.07) is 19.4. The first kappa shape index (κ1) is 21.3. The number of rotatable bonds is 11. The van der Waals surface area contributed by atoms with Crippen molar-refractivity contribution in [2.24, 2.45) is 0 Å². The van der Waals surface area contributed by atoms with E-state index in [1.54, 1.807) is 18.3 Å². The van der Waals surface area contributed by atoms with Crippen molar-refractivity contribution in [2.45, 2.75) is 25.2 Å². The number of halogens is 1. The maximum Gasteiger partial charge on any atom is 0.303 e. The lowest BCUT2D eigenvalue weighted by molar-refractivity contribution is -0.137. The van der Waals surface area contributed by atoms with Crippen molar-refractivity contribution in [1.82, 2.24) is 4.98 Å². The van der Waals surface area contributed by atoms with Gasteiger partial charge >= 0.3 is 5.97 Å². The minimum absolute atomic E-state index is 0.00679. The molecule has 6 heteroatoms. The van der Waals surface area contributed by atoms with Crippen molar-refractivity contribution in [3.05, 3.63) is 89.9 Å². The lowest BCUT2D eigenvalue weighted by atomic mass is 9.89. The van der Waals surface area contributed by atoms with E-state index in [9.17, 15) is 14.3 Å². The molecule has 30 heavy (non-hydrogen) atoms. The van der Waals surface area contributed by atoms with E-state index in [2.05, 4.69) is 10.3 Å². The quantitative estimate of drug-likeness (QED) is 0.442. The van der Waals surface area contributed by atoms with Gasteiger partial charge in [-0.15, -0.1) is 0 Å². The van der Waals surface area contributed by atoms with E-state index in [4.69, 9.17) is 4.74 Å². The van der Waals surface area contributed by atoms with E-state index in [1.807, 2.05) is 42.5 Å². The molecule has 0 aliphatic rings. The highest BCUT2D eigenvalue weighted by Crippen LogP contribution is 2.26. The molecule has 0 radical (unpaired) electrons. The van der Waals surface area contributed by atoms with Crippen LogP contribution in [0.25, 0.3) is 0 Å². The summed E-state index contributed by atoms with van der Waals surface area (Å²) in [6.07, 6.45) is 3.14. The number of pyridine rings is 1. The summed E-state index contributed by atoms with van der Waals surface area (Å²) in [4.78, 5) is 15.5. The third-order valence-corrected chi connectivity index (χ3v) is 4.73. The first-order valence-corrected chi connectivity index (χ1v) is 9.94. The highest BCUT2D eigenvalue weighted by Gasteiger charge is 2.16. The number of anilines is 1. The molecule has 5 nitrogen and oxygen atoms in total. The average molecular weight is 408 g/mol. The smallest absolute Gasteiger partial charge is 0.303 e. The number of carbonyl (C=O) groups is 1. The van der Waals surface area contributed by atoms with Crippen molar-refractivity contribution in [1.29, 1.82) is 0 Å². The largest absolute Gasteiger partial charge is 0.494 e. The highest BCUT2D eigenvalue weighted by atomic mass is 19.1. The van der Waals surface area contributed by atoms with E-state index in [-0.39, 0.29) is 18.2 Å². The molecule has 1 atom stereocenters. The van der Waals surface area contributed by atoms with E-state index in [0.717, 1.165) is 35.7 Å². The molecule has 2 aromatic carbocycles. The number of hydrogen-bond acceptors (Lipinski definition) is 4. The molecule has 0 fully saturated rings. The van der Waals surface area contributed by atoms with Gasteiger partial charge in [0, 0.05) is 12.7 Å². The number of aromatic nitrogens is 1. The fourth-order valence-corrected chi connectivity index (χ4v) is 3.21. The Kier molecular flexibility index (Phi) is 7.78. The standard InChI is InChI=1S/C24H25FN2O3/c25-21-9-7-19(8-10-21)20(17-24(28)29)16-18-5-11-22(12-6-18)30-15-3-14-27-23-4-1-2-13-26-23/h1-2,4-13,20H,3,14-17H2,(H,26,27)(H,28,29). The van der Waals surface area contributed by atoms with Crippen molar-refractivity contribution < 1.29 is 19.0 Å². The Morgan fingerprint density at radius 1 is 1.07 bits per heavy atom. The lowest BCUT2D eigenvalue weighted by Gasteiger charge is -2.16. The van der Waals surface area contributed by atoms with E-state index in [0.29, 0.717) is 13.0 Å². The fourth-order valence-electron chi connectivity index (χ4n) is 3.21. The zero-order chi connectivity index (χ0) is 21.2. The van der Waals surface area contributed by atoms with Crippen LogP contribution in [0.15, 0.2) is 72.9 Å². The molecule has 0 spiro atoms. The second-order valence-electron chi connectivity index (χ2n) is 7.04. The van der Waals surface area contributed by atoms with Crippen molar-refractivity contribution in [3.8, 4) is 5.75 Å². The Morgan fingerprint density at radius 2 is 1.83 bits per heavy atom. The molecule has 1 aromatic heterocycles. The van der Waals surface area contributed by atoms with Crippen LogP contribution < -0.4 is 10.1 Å². The Bertz CT molecular complexity index is 915. The predicted octanol–water partition coefficient (Wildman–Crippen LogP) is 4.90. The van der Waals surface area contributed by atoms with E-state index in [1.165, 1.54) is 12.1 Å². The number of ether oxygens (including phenoxy) is 1. The number of nitrogens with one attached hydrogen (secondary N) is 1. The summed E-state index contributed by atoms with van der Waals surface area (Å²) < 4.78 is 19.0. The topological polar surface area (TPSA) is 71.5 Å². The molecule has 2 N–H and O–H groups in total. The highest BCUT2D eigenvalue weighted by molar-refractivity contribution is 5.68. The normalized spacial score (nSPS) is 11.6. The van der Waals surface area contributed by atoms with Gasteiger partial charge in [0.15, 0.2) is 0 Å². The van der Waals surface area contributed by atoms with Crippen LogP contribution in [-0.4, -0.2) is 29.2 Å². The molecule has 0 saturated carbocycles. The van der Waals surface area contributed by atoms with Crippen LogP contribution in [0.1, 0.15) is 29.9 Å². The van der Waals surface area contributed by atoms with Crippen LogP contribution in [-0.2, 0) is 11.2 Å². The summed E-state index contributed by atoms with van der Waals surface area (Å²) in [6.45, 7) is 1.35. The molecule has 0 saturated heterocycles. The fraction of sp³-hybridized carbons (Fsp3) is 0.250. The van der Waals surface area contributed by atoms with Crippen molar-refractivity contribution in [3.63, 3.8) is 0 Å². The minimum Gasteiger partial charge on any atom is -0.494 e. The van der Waals surface area contributed by atoms with Gasteiger partial charge in [0.1, 0.15) is 17.4 Å². The van der Waals surface area contributed by atoms with Gasteiger partial charge in [0.2, 0.25) is 0 Å². The van der Waals surface area contributed by atoms with Gasteiger partial charge in [-0.25, -0.2) is 9.37 Å². The van der Waals surface area contributed by atoms with E-state index < -0.39 is 5.97 Å². The Morgan fingerprint density at radius 3 is 2.50 bits per heavy atom. The van der Waals surface area contributed by atoms with Gasteiger partial charge < -0.3 is 15.2 Å². The van der Waals surface area contributed by atoms with Crippen LogP contribution in [0, 0.1) is 5.82 Å². The Hall–Kier alpha value is -3.41. The predicted molar refractivity (Wildman–Crippen MR) is 114 cm³/mol. The van der Waals surface area contributed by atoms with Crippen LogP contribution in [0.5, 0.6) is 5.75 Å². The number of benzene rings is 2. The molecular weight excluding hydrogens is 383 g/mol. The summed E-state index contributed by atoms with van der Waals surface area (Å²) >= 11 is 0. The molecule has 156 valence electrons. The molecule has 0 aliphatic carbocycles. The second-order valence-corrected chi connectivity index (χ2v) is 7.04. The van der Waals surface area contributed by atoms with Gasteiger partial charge in [0.05, 0.1) is 13.0 Å². The van der Waals surface area contributed by atoms with Crippen molar-refractivity contribution in [2.75, 3.05) is 18.5 Å². The number of carboxylic acid groups (broad SMARTS) is 1. The summed E-state index contributed by atoms with van der Waals surface area (Å²) in [7, 11) is 0. The third kappa shape index (κ3) is 6.88. The second kappa shape index (κ2) is 11.0. The van der Waals surface area contributed by atoms with Crippen LogP contribution in [0.4, 0.5) is 10.2 Å². The maximum absolute atomic E-state index is 13.2. The molecule has 3 aromatic rings. The molecule has 3 rings (SSSR count). The lowest BCUT2D eigenvalue weighted by Crippen LogP contribution is -2.10. The first-order chi connectivity index (χ1) is 14.6. The summed E-state index contributed by atoms with van der Waals surface area (Å²) in [5.41, 5.74) is 1.83. The van der Waals surface area contributed by atoms with Gasteiger partial charge in [-0.1, -0.05) is 30.3 Å². The average Bonchev–Trinajstić information content (AvgIpc) is 2.75. The zero-order valence-electron chi connectivity index (χ0n) is 16.6. The molecule has 0 bridgehead atoms. The number of hydrogen-bond donors (Lipinski definition) is 2. The number of aliphatic carboxylic acids is 1. The molecular formula is C24H25FN2O3. The molecule has 1 unspecified atom stereocenters. The van der Waals surface area contributed by atoms with E-state index >= 15 is 0 Å². The number of carboxylic acids is 1. The Balaban J connectivity index is 1.48. The molecule has 0 aliphatic heterocycles. The number of nitrogens with zero attached hydrogens (tertiary/aromatic N) is 1. The van der Waals surface area contributed by atoms with Crippen LogP contribution in [0.2, 0.25) is 0 Å². The molecule has 0 amide bonds. The first-order valence-electron chi connectivity index (χ1n) is 9.94. The third-order valence-electron chi connectivity index (χ3n) is 4.73. The van der Waals surface area contributed by atoms with Gasteiger partial charge in [-0.2, -0.15) is 0 Å². The minimum atomic E-state index is -0.872. The van der Waals surface area contributed by atoms with Gasteiger partial charge in [-0.05, 0) is 66.3 Å². The van der Waals surface area contributed by atoms with Gasteiger partial charge in [-0.3, -0.25) is 4.79 Å². The zero-order valence-corrected chi connectivity index (χ0v) is 16.6. The summed E-state index contributed by atoms with van der Waals surface area (Å²) in [5.74, 6) is 0.202. The SMILES string of the molecule is O=C(O)CC(Cc1ccc(OCCCNc2ccccn2)cc1)c1ccc(F)cc1. The van der Waals surface area contributed by atoms with Crippen LogP contribution >= 0.6 is 0 Å². The van der Waals surface area contributed by atoms with Crippen molar-refractivity contribution >= 4 is 11.8 Å². The monoisotopic (exact) mass is 408 g/mol. The van der Waals surface area contributed by atoms with Gasteiger partial charge in [0.25, 0.3) is 0 Å².